The van der Waals surface area contributed by atoms with E-state index in [0.29, 0.717) is 19.5 Å². The first-order valence-electron chi connectivity index (χ1n) is 6.45. The number of carbonyl (C=O) groups is 2. The number of allylic oxidation sites excluding steroid dienone is 1. The predicted octanol–water partition coefficient (Wildman–Crippen LogP) is 2.78. The molecule has 1 aliphatic rings. The number of likely N-dealkylation sites (tertiary alicyclic amines) is 1. The fourth-order valence-corrected chi connectivity index (χ4v) is 2.09. The number of hydrogen-bond donors (Lipinski definition) is 0. The standard InChI is InChI=1S/C14H23NO3/c1-5-12(16)9-11-7-6-8-15(10-11)13(17)18-14(2,3)4/h5,11H,1,6-10H2,2-4H3. The van der Waals surface area contributed by atoms with Gasteiger partial charge < -0.3 is 9.64 Å². The molecule has 1 unspecified atom stereocenters. The van der Waals surface area contributed by atoms with Crippen LogP contribution in [0.25, 0.3) is 0 Å². The van der Waals surface area contributed by atoms with Crippen LogP contribution in [0, 0.1) is 5.92 Å². The smallest absolute Gasteiger partial charge is 0.410 e. The van der Waals surface area contributed by atoms with Crippen molar-refractivity contribution in [1.82, 2.24) is 4.90 Å². The molecule has 0 saturated carbocycles. The highest BCUT2D eigenvalue weighted by atomic mass is 16.6. The summed E-state index contributed by atoms with van der Waals surface area (Å²) in [6.07, 6.45) is 3.46. The molecule has 0 bridgehead atoms. The van der Waals surface area contributed by atoms with E-state index in [1.165, 1.54) is 6.08 Å². The third-order valence-corrected chi connectivity index (χ3v) is 2.89. The second kappa shape index (κ2) is 6.03. The van der Waals surface area contributed by atoms with Crippen LogP contribution in [0.3, 0.4) is 0 Å². The maximum absolute atomic E-state index is 11.9. The van der Waals surface area contributed by atoms with Crippen LogP contribution in [0.5, 0.6) is 0 Å². The van der Waals surface area contributed by atoms with Gasteiger partial charge in [0.15, 0.2) is 5.78 Å². The topological polar surface area (TPSA) is 46.6 Å². The Hall–Kier alpha value is -1.32. The summed E-state index contributed by atoms with van der Waals surface area (Å²) in [6, 6.07) is 0. The first-order valence-corrected chi connectivity index (χ1v) is 6.45. The van der Waals surface area contributed by atoms with Crippen LogP contribution in [0.1, 0.15) is 40.0 Å². The van der Waals surface area contributed by atoms with Crippen molar-refractivity contribution < 1.29 is 14.3 Å². The van der Waals surface area contributed by atoms with Crippen molar-refractivity contribution in [2.24, 2.45) is 5.92 Å². The summed E-state index contributed by atoms with van der Waals surface area (Å²) in [5.41, 5.74) is -0.471. The van der Waals surface area contributed by atoms with Crippen LogP contribution in [0.4, 0.5) is 4.79 Å². The molecular weight excluding hydrogens is 230 g/mol. The lowest BCUT2D eigenvalue weighted by molar-refractivity contribution is -0.115. The average Bonchev–Trinajstić information content (AvgIpc) is 2.27. The normalized spacial score (nSPS) is 20.4. The fourth-order valence-electron chi connectivity index (χ4n) is 2.09. The van der Waals surface area contributed by atoms with E-state index in [2.05, 4.69) is 6.58 Å². The summed E-state index contributed by atoms with van der Waals surface area (Å²) in [4.78, 5) is 24.9. The Balaban J connectivity index is 2.50. The van der Waals surface area contributed by atoms with Gasteiger partial charge in [0.1, 0.15) is 5.60 Å². The molecule has 0 aliphatic carbocycles. The number of hydrogen-bond acceptors (Lipinski definition) is 3. The van der Waals surface area contributed by atoms with Crippen LogP contribution in [0.2, 0.25) is 0 Å². The Morgan fingerprint density at radius 3 is 2.67 bits per heavy atom. The molecule has 1 atom stereocenters. The second-order valence-electron chi connectivity index (χ2n) is 5.81. The number of nitrogens with zero attached hydrogens (tertiary/aromatic N) is 1. The molecule has 4 nitrogen and oxygen atoms in total. The van der Waals surface area contributed by atoms with Gasteiger partial charge in [0.2, 0.25) is 0 Å². The minimum absolute atomic E-state index is 0.0473. The Morgan fingerprint density at radius 2 is 2.11 bits per heavy atom. The van der Waals surface area contributed by atoms with Gasteiger partial charge in [0, 0.05) is 19.5 Å². The largest absolute Gasteiger partial charge is 0.444 e. The van der Waals surface area contributed by atoms with Crippen molar-refractivity contribution in [3.05, 3.63) is 12.7 Å². The average molecular weight is 253 g/mol. The number of ether oxygens (including phenoxy) is 1. The molecule has 1 fully saturated rings. The lowest BCUT2D eigenvalue weighted by Gasteiger charge is -2.33. The van der Waals surface area contributed by atoms with Crippen molar-refractivity contribution >= 4 is 11.9 Å². The highest BCUT2D eigenvalue weighted by molar-refractivity contribution is 5.89. The maximum atomic E-state index is 11.9. The van der Waals surface area contributed by atoms with E-state index in [4.69, 9.17) is 4.74 Å². The Labute approximate surface area is 109 Å². The van der Waals surface area contributed by atoms with Crippen molar-refractivity contribution in [3.8, 4) is 0 Å². The maximum Gasteiger partial charge on any atom is 0.410 e. The molecule has 4 heteroatoms. The molecule has 1 amide bonds. The molecule has 0 aromatic heterocycles. The molecule has 18 heavy (non-hydrogen) atoms. The van der Waals surface area contributed by atoms with Gasteiger partial charge in [-0.25, -0.2) is 4.79 Å². The highest BCUT2D eigenvalue weighted by Gasteiger charge is 2.28. The number of carbonyl (C=O) groups excluding carboxylic acids is 2. The number of rotatable bonds is 3. The van der Waals surface area contributed by atoms with Gasteiger partial charge in [0.05, 0.1) is 0 Å². The number of amides is 1. The Kier molecular flexibility index (Phi) is 4.93. The van der Waals surface area contributed by atoms with E-state index >= 15 is 0 Å². The molecule has 1 heterocycles. The quantitative estimate of drug-likeness (QED) is 0.727. The SMILES string of the molecule is C=CC(=O)CC1CCCN(C(=O)OC(C)(C)C)C1. The van der Waals surface area contributed by atoms with Gasteiger partial charge in [-0.05, 0) is 45.6 Å². The third kappa shape index (κ3) is 4.90. The minimum atomic E-state index is -0.471. The van der Waals surface area contributed by atoms with Gasteiger partial charge in [-0.3, -0.25) is 4.79 Å². The molecule has 0 aromatic carbocycles. The molecule has 0 radical (unpaired) electrons. The van der Waals surface area contributed by atoms with E-state index in [9.17, 15) is 9.59 Å². The first-order chi connectivity index (χ1) is 8.31. The summed E-state index contributed by atoms with van der Waals surface area (Å²) in [7, 11) is 0. The van der Waals surface area contributed by atoms with Gasteiger partial charge in [-0.2, -0.15) is 0 Å². The minimum Gasteiger partial charge on any atom is -0.444 e. The molecule has 0 N–H and O–H groups in total. The lowest BCUT2D eigenvalue weighted by atomic mass is 9.93. The summed E-state index contributed by atoms with van der Waals surface area (Å²) in [5, 5.41) is 0. The number of ketones is 1. The zero-order valence-corrected chi connectivity index (χ0v) is 11.6. The molecular formula is C14H23NO3. The van der Waals surface area contributed by atoms with Gasteiger partial charge >= 0.3 is 6.09 Å². The van der Waals surface area contributed by atoms with Crippen LogP contribution in [0.15, 0.2) is 12.7 Å². The molecule has 102 valence electrons. The van der Waals surface area contributed by atoms with E-state index in [0.717, 1.165) is 12.8 Å². The van der Waals surface area contributed by atoms with Crippen molar-refractivity contribution in [3.63, 3.8) is 0 Å². The third-order valence-electron chi connectivity index (χ3n) is 2.89. The monoisotopic (exact) mass is 253 g/mol. The Morgan fingerprint density at radius 1 is 1.44 bits per heavy atom. The van der Waals surface area contributed by atoms with E-state index in [1.54, 1.807) is 4.90 Å². The van der Waals surface area contributed by atoms with Crippen LogP contribution in [-0.4, -0.2) is 35.5 Å². The zero-order valence-electron chi connectivity index (χ0n) is 11.6. The first kappa shape index (κ1) is 14.7. The van der Waals surface area contributed by atoms with E-state index in [1.807, 2.05) is 20.8 Å². The Bertz CT molecular complexity index is 330. The summed E-state index contributed by atoms with van der Waals surface area (Å²) in [5.74, 6) is 0.280. The molecule has 1 saturated heterocycles. The van der Waals surface area contributed by atoms with Crippen LogP contribution < -0.4 is 0 Å². The lowest BCUT2D eigenvalue weighted by Crippen LogP contribution is -2.43. The van der Waals surface area contributed by atoms with Crippen molar-refractivity contribution in [2.45, 2.75) is 45.6 Å². The summed E-state index contributed by atoms with van der Waals surface area (Å²) < 4.78 is 5.34. The summed E-state index contributed by atoms with van der Waals surface area (Å²) >= 11 is 0. The molecule has 0 spiro atoms. The van der Waals surface area contributed by atoms with Crippen LogP contribution in [-0.2, 0) is 9.53 Å². The van der Waals surface area contributed by atoms with E-state index < -0.39 is 5.60 Å². The highest BCUT2D eigenvalue weighted by Crippen LogP contribution is 2.22. The fraction of sp³-hybridized carbons (Fsp3) is 0.714. The van der Waals surface area contributed by atoms with Crippen molar-refractivity contribution in [1.29, 1.82) is 0 Å². The van der Waals surface area contributed by atoms with Gasteiger partial charge in [0.25, 0.3) is 0 Å². The predicted molar refractivity (Wildman–Crippen MR) is 70.4 cm³/mol. The van der Waals surface area contributed by atoms with Crippen molar-refractivity contribution in [2.75, 3.05) is 13.1 Å². The number of piperidine rings is 1. The molecule has 1 rings (SSSR count). The van der Waals surface area contributed by atoms with E-state index in [-0.39, 0.29) is 17.8 Å². The molecule has 0 aromatic rings. The second-order valence-corrected chi connectivity index (χ2v) is 5.81. The summed E-state index contributed by atoms with van der Waals surface area (Å²) in [6.45, 7) is 10.4. The van der Waals surface area contributed by atoms with Crippen LogP contribution >= 0.6 is 0 Å². The van der Waals surface area contributed by atoms with Gasteiger partial charge in [-0.1, -0.05) is 6.58 Å². The molecule has 1 aliphatic heterocycles. The van der Waals surface area contributed by atoms with Gasteiger partial charge in [-0.15, -0.1) is 0 Å². The zero-order chi connectivity index (χ0) is 13.8.